The molecule has 4 unspecified atom stereocenters. The van der Waals surface area contributed by atoms with Gasteiger partial charge in [0.1, 0.15) is 0 Å². The van der Waals surface area contributed by atoms with Crippen LogP contribution in [-0.2, 0) is 0 Å². The molecule has 3 aliphatic carbocycles. The van der Waals surface area contributed by atoms with E-state index in [0.29, 0.717) is 0 Å². The summed E-state index contributed by atoms with van der Waals surface area (Å²) in [5, 5.41) is 0. The fraction of sp³-hybridized carbons (Fsp3) is 0.867. The average molecular weight is 204 g/mol. The van der Waals surface area contributed by atoms with Crippen molar-refractivity contribution in [3.05, 3.63) is 12.2 Å². The minimum Gasteiger partial charge on any atom is -0.0993 e. The molecule has 0 amide bonds. The molecule has 3 fully saturated rings. The fourth-order valence-electron chi connectivity index (χ4n) is 4.62. The van der Waals surface area contributed by atoms with E-state index in [0.717, 1.165) is 23.7 Å². The molecule has 0 saturated heterocycles. The Morgan fingerprint density at radius 1 is 0.733 bits per heavy atom. The van der Waals surface area contributed by atoms with Crippen molar-refractivity contribution in [2.75, 3.05) is 0 Å². The Kier molecular flexibility index (Phi) is 2.62. The molecule has 3 aliphatic rings. The number of hydrogen-bond donors (Lipinski definition) is 0. The van der Waals surface area contributed by atoms with Gasteiger partial charge in [0.2, 0.25) is 0 Å². The molecule has 4 atom stereocenters. The van der Waals surface area contributed by atoms with Gasteiger partial charge in [-0.25, -0.2) is 0 Å². The van der Waals surface area contributed by atoms with Gasteiger partial charge in [0.15, 0.2) is 0 Å². The van der Waals surface area contributed by atoms with Crippen LogP contribution in [0.1, 0.15) is 57.8 Å². The first kappa shape index (κ1) is 9.93. The van der Waals surface area contributed by atoms with Crippen LogP contribution < -0.4 is 0 Å². The van der Waals surface area contributed by atoms with E-state index in [2.05, 4.69) is 6.58 Å². The van der Waals surface area contributed by atoms with Crippen molar-refractivity contribution < 1.29 is 0 Å². The molecule has 0 spiro atoms. The molecule has 0 aromatic heterocycles. The van der Waals surface area contributed by atoms with E-state index in [1.807, 2.05) is 0 Å². The molecule has 0 heterocycles. The molecule has 0 heteroatoms. The van der Waals surface area contributed by atoms with Gasteiger partial charge in [0.05, 0.1) is 0 Å². The summed E-state index contributed by atoms with van der Waals surface area (Å²) >= 11 is 0. The third-order valence-electron chi connectivity index (χ3n) is 5.38. The summed E-state index contributed by atoms with van der Waals surface area (Å²) in [5.41, 5.74) is 1.68. The maximum absolute atomic E-state index is 4.48. The highest BCUT2D eigenvalue weighted by Gasteiger charge is 2.41. The summed E-state index contributed by atoms with van der Waals surface area (Å²) in [7, 11) is 0. The molecular formula is C15H24. The van der Waals surface area contributed by atoms with Gasteiger partial charge in [0.25, 0.3) is 0 Å². The zero-order valence-electron chi connectivity index (χ0n) is 9.88. The molecule has 0 bridgehead atoms. The van der Waals surface area contributed by atoms with Crippen LogP contribution >= 0.6 is 0 Å². The highest BCUT2D eigenvalue weighted by atomic mass is 14.5. The van der Waals surface area contributed by atoms with Crippen molar-refractivity contribution in [3.8, 4) is 0 Å². The Morgan fingerprint density at radius 2 is 1.20 bits per heavy atom. The quantitative estimate of drug-likeness (QED) is 0.507. The van der Waals surface area contributed by atoms with Crippen LogP contribution in [0.3, 0.4) is 0 Å². The summed E-state index contributed by atoms with van der Waals surface area (Å²) in [5.74, 6) is 3.92. The molecule has 0 aliphatic heterocycles. The van der Waals surface area contributed by atoms with E-state index in [-0.39, 0.29) is 0 Å². The Balaban J connectivity index is 1.79. The average Bonchev–Trinajstić information content (AvgIpc) is 2.30. The summed E-state index contributed by atoms with van der Waals surface area (Å²) in [6.45, 7) is 4.48. The van der Waals surface area contributed by atoms with Crippen LogP contribution in [0.2, 0.25) is 0 Å². The minimum absolute atomic E-state index is 0.929. The maximum Gasteiger partial charge on any atom is -0.0175 e. The van der Waals surface area contributed by atoms with Gasteiger partial charge in [-0.1, -0.05) is 37.8 Å². The second-order valence-electron chi connectivity index (χ2n) is 6.11. The predicted molar refractivity (Wildman–Crippen MR) is 64.7 cm³/mol. The molecule has 3 saturated carbocycles. The fourth-order valence-corrected chi connectivity index (χ4v) is 4.62. The van der Waals surface area contributed by atoms with Crippen molar-refractivity contribution in [3.63, 3.8) is 0 Å². The standard InChI is InChI=1S/C15H24/c1-11-14-8-4-2-6-12(14)10-13-7-3-5-9-15(11)13/h12-15H,1-10H2. The molecule has 3 rings (SSSR count). The van der Waals surface area contributed by atoms with Crippen molar-refractivity contribution >= 4 is 0 Å². The normalized spacial score (nSPS) is 45.7. The maximum atomic E-state index is 4.48. The number of hydrogen-bond acceptors (Lipinski definition) is 0. The summed E-state index contributed by atoms with van der Waals surface area (Å²) in [4.78, 5) is 0. The van der Waals surface area contributed by atoms with E-state index in [4.69, 9.17) is 0 Å². The molecule has 0 nitrogen and oxygen atoms in total. The summed E-state index contributed by atoms with van der Waals surface area (Å²) in [6.07, 6.45) is 13.4. The van der Waals surface area contributed by atoms with Crippen LogP contribution in [0.4, 0.5) is 0 Å². The smallest absolute Gasteiger partial charge is 0.0175 e. The number of fused-ring (bicyclic) bond motifs is 2. The molecule has 0 N–H and O–H groups in total. The molecule has 0 aromatic rings. The monoisotopic (exact) mass is 204 g/mol. The van der Waals surface area contributed by atoms with Gasteiger partial charge in [-0.05, 0) is 55.8 Å². The lowest BCUT2D eigenvalue weighted by atomic mass is 9.58. The third-order valence-corrected chi connectivity index (χ3v) is 5.38. The van der Waals surface area contributed by atoms with Crippen LogP contribution in [0, 0.1) is 23.7 Å². The lowest BCUT2D eigenvalue weighted by Gasteiger charge is -2.47. The molecule has 84 valence electrons. The second kappa shape index (κ2) is 3.96. The Morgan fingerprint density at radius 3 is 1.73 bits per heavy atom. The Labute approximate surface area is 94.1 Å². The summed E-state index contributed by atoms with van der Waals surface area (Å²) < 4.78 is 0. The first-order valence-corrected chi connectivity index (χ1v) is 7.05. The molecular weight excluding hydrogens is 180 g/mol. The van der Waals surface area contributed by atoms with E-state index >= 15 is 0 Å². The van der Waals surface area contributed by atoms with Gasteiger partial charge in [-0.3, -0.25) is 0 Å². The second-order valence-corrected chi connectivity index (χ2v) is 6.11. The van der Waals surface area contributed by atoms with E-state index in [1.54, 1.807) is 12.0 Å². The van der Waals surface area contributed by atoms with Gasteiger partial charge in [-0.2, -0.15) is 0 Å². The van der Waals surface area contributed by atoms with Crippen LogP contribution in [0.15, 0.2) is 12.2 Å². The van der Waals surface area contributed by atoms with Crippen molar-refractivity contribution in [1.82, 2.24) is 0 Å². The van der Waals surface area contributed by atoms with Crippen LogP contribution in [-0.4, -0.2) is 0 Å². The highest BCUT2D eigenvalue weighted by molar-refractivity contribution is 5.14. The first-order valence-electron chi connectivity index (χ1n) is 7.05. The molecule has 15 heavy (non-hydrogen) atoms. The summed E-state index contributed by atoms with van der Waals surface area (Å²) in [6, 6.07) is 0. The highest BCUT2D eigenvalue weighted by Crippen LogP contribution is 2.52. The molecule has 0 radical (unpaired) electrons. The van der Waals surface area contributed by atoms with Gasteiger partial charge in [-0.15, -0.1) is 0 Å². The third kappa shape index (κ3) is 1.66. The van der Waals surface area contributed by atoms with Crippen LogP contribution in [0.25, 0.3) is 0 Å². The molecule has 0 aromatic carbocycles. The topological polar surface area (TPSA) is 0 Å². The van der Waals surface area contributed by atoms with Crippen molar-refractivity contribution in [2.24, 2.45) is 23.7 Å². The predicted octanol–water partition coefficient (Wildman–Crippen LogP) is 4.56. The van der Waals surface area contributed by atoms with E-state index in [1.165, 1.54) is 51.4 Å². The van der Waals surface area contributed by atoms with Crippen molar-refractivity contribution in [1.29, 1.82) is 0 Å². The van der Waals surface area contributed by atoms with E-state index < -0.39 is 0 Å². The van der Waals surface area contributed by atoms with E-state index in [9.17, 15) is 0 Å². The first-order chi connectivity index (χ1) is 7.36. The number of allylic oxidation sites excluding steroid dienone is 1. The SMILES string of the molecule is C=C1C2CCCCC2CC2CCCCC12. The lowest BCUT2D eigenvalue weighted by molar-refractivity contribution is 0.109. The zero-order valence-corrected chi connectivity index (χ0v) is 9.88. The Hall–Kier alpha value is -0.260. The van der Waals surface area contributed by atoms with Gasteiger partial charge in [0, 0.05) is 0 Å². The van der Waals surface area contributed by atoms with Crippen molar-refractivity contribution in [2.45, 2.75) is 57.8 Å². The minimum atomic E-state index is 0.929. The number of rotatable bonds is 0. The lowest BCUT2D eigenvalue weighted by Crippen LogP contribution is -2.37. The Bertz CT molecular complexity index is 229. The largest absolute Gasteiger partial charge is 0.0993 e. The van der Waals surface area contributed by atoms with Gasteiger partial charge >= 0.3 is 0 Å². The van der Waals surface area contributed by atoms with Crippen LogP contribution in [0.5, 0.6) is 0 Å². The van der Waals surface area contributed by atoms with Gasteiger partial charge < -0.3 is 0 Å². The zero-order chi connectivity index (χ0) is 10.3.